The van der Waals surface area contributed by atoms with Crippen LogP contribution < -0.4 is 11.1 Å². The topological polar surface area (TPSA) is 55.1 Å². The zero-order valence-electron chi connectivity index (χ0n) is 11.5. The van der Waals surface area contributed by atoms with Crippen molar-refractivity contribution in [2.75, 3.05) is 11.9 Å². The smallest absolute Gasteiger partial charge is 0.228 e. The van der Waals surface area contributed by atoms with Crippen molar-refractivity contribution in [3.63, 3.8) is 0 Å². The van der Waals surface area contributed by atoms with Gasteiger partial charge in [-0.3, -0.25) is 4.79 Å². The second-order valence-electron chi connectivity index (χ2n) is 5.82. The number of nitrogens with two attached hydrogens (primary N) is 1. The molecule has 0 heterocycles. The summed E-state index contributed by atoms with van der Waals surface area (Å²) in [6.45, 7) is 6.50. The van der Waals surface area contributed by atoms with Gasteiger partial charge in [0.25, 0.3) is 0 Å². The van der Waals surface area contributed by atoms with Gasteiger partial charge in [0.15, 0.2) is 0 Å². The van der Waals surface area contributed by atoms with E-state index in [1.54, 1.807) is 0 Å². The van der Waals surface area contributed by atoms with Crippen molar-refractivity contribution in [1.82, 2.24) is 0 Å². The van der Waals surface area contributed by atoms with Gasteiger partial charge in [0.05, 0.1) is 10.4 Å². The number of nitrogens with one attached hydrogen (secondary N) is 1. The molecule has 106 valence electrons. The molecule has 1 unspecified atom stereocenters. The maximum Gasteiger partial charge on any atom is 0.228 e. The Hall–Kier alpha value is -0.940. The van der Waals surface area contributed by atoms with E-state index in [4.69, 9.17) is 5.73 Å². The molecule has 5 heteroatoms. The highest BCUT2D eigenvalue weighted by Crippen LogP contribution is 2.25. The van der Waals surface area contributed by atoms with Gasteiger partial charge in [0.1, 0.15) is 5.82 Å². The Morgan fingerprint density at radius 1 is 1.47 bits per heavy atom. The third-order valence-electron chi connectivity index (χ3n) is 2.70. The first kappa shape index (κ1) is 16.1. The van der Waals surface area contributed by atoms with E-state index in [2.05, 4.69) is 42.0 Å². The molecule has 0 bridgehead atoms. The highest BCUT2D eigenvalue weighted by Gasteiger charge is 2.23. The maximum absolute atomic E-state index is 13.1. The van der Waals surface area contributed by atoms with Crippen molar-refractivity contribution < 1.29 is 9.18 Å². The standard InChI is InChI=1S/C14H20BrFN2O/c1-14(2,3)7-9(8-17)13(19)18-10-4-5-12(16)11(15)6-10/h4-6,9H,7-8,17H2,1-3H3,(H,18,19). The highest BCUT2D eigenvalue weighted by molar-refractivity contribution is 9.10. The molecule has 0 spiro atoms. The molecule has 3 N–H and O–H groups in total. The molecule has 0 aliphatic heterocycles. The van der Waals surface area contributed by atoms with Crippen LogP contribution in [0.15, 0.2) is 22.7 Å². The Kier molecular flexibility index (Phi) is 5.50. The molecule has 1 atom stereocenters. The molecule has 1 amide bonds. The first-order valence-electron chi connectivity index (χ1n) is 6.19. The molecule has 3 nitrogen and oxygen atoms in total. The van der Waals surface area contributed by atoms with Gasteiger partial charge in [-0.25, -0.2) is 4.39 Å². The maximum atomic E-state index is 13.1. The Labute approximate surface area is 121 Å². The van der Waals surface area contributed by atoms with Gasteiger partial charge in [-0.05, 0) is 46.0 Å². The van der Waals surface area contributed by atoms with Gasteiger partial charge in [-0.1, -0.05) is 20.8 Å². The van der Waals surface area contributed by atoms with Gasteiger partial charge in [-0.15, -0.1) is 0 Å². The number of hydrogen-bond donors (Lipinski definition) is 2. The predicted molar refractivity (Wildman–Crippen MR) is 79.3 cm³/mol. The van der Waals surface area contributed by atoms with Crippen molar-refractivity contribution >= 4 is 27.5 Å². The van der Waals surface area contributed by atoms with E-state index in [9.17, 15) is 9.18 Å². The lowest BCUT2D eigenvalue weighted by Crippen LogP contribution is -2.32. The number of halogens is 2. The van der Waals surface area contributed by atoms with E-state index in [1.165, 1.54) is 18.2 Å². The number of benzene rings is 1. The van der Waals surface area contributed by atoms with Crippen LogP contribution in [-0.4, -0.2) is 12.5 Å². The Bertz CT molecular complexity index is 457. The van der Waals surface area contributed by atoms with Crippen molar-refractivity contribution in [2.24, 2.45) is 17.1 Å². The van der Waals surface area contributed by atoms with Gasteiger partial charge < -0.3 is 11.1 Å². The zero-order chi connectivity index (χ0) is 14.6. The van der Waals surface area contributed by atoms with Gasteiger partial charge in [0.2, 0.25) is 5.91 Å². The second-order valence-corrected chi connectivity index (χ2v) is 6.67. The minimum Gasteiger partial charge on any atom is -0.330 e. The molecule has 1 rings (SSSR count). The summed E-state index contributed by atoms with van der Waals surface area (Å²) < 4.78 is 13.4. The molecule has 0 saturated carbocycles. The molecule has 1 aromatic carbocycles. The van der Waals surface area contributed by atoms with E-state index >= 15 is 0 Å². The summed E-state index contributed by atoms with van der Waals surface area (Å²) in [4.78, 5) is 12.1. The first-order valence-corrected chi connectivity index (χ1v) is 6.98. The minimum absolute atomic E-state index is 0.0325. The van der Waals surface area contributed by atoms with Crippen molar-refractivity contribution in [3.8, 4) is 0 Å². The molecule has 0 radical (unpaired) electrons. The molecule has 0 aliphatic rings. The normalized spacial score (nSPS) is 13.2. The fourth-order valence-electron chi connectivity index (χ4n) is 1.84. The number of hydrogen-bond acceptors (Lipinski definition) is 2. The summed E-state index contributed by atoms with van der Waals surface area (Å²) in [7, 11) is 0. The molecule has 1 aromatic rings. The predicted octanol–water partition coefficient (Wildman–Crippen LogP) is 3.54. The second kappa shape index (κ2) is 6.48. The number of anilines is 1. The van der Waals surface area contributed by atoms with Crippen LogP contribution in [0.3, 0.4) is 0 Å². The number of rotatable bonds is 4. The fraction of sp³-hybridized carbons (Fsp3) is 0.500. The lowest BCUT2D eigenvalue weighted by Gasteiger charge is -2.24. The average Bonchev–Trinajstić information content (AvgIpc) is 2.29. The van der Waals surface area contributed by atoms with Crippen LogP contribution >= 0.6 is 15.9 Å². The van der Waals surface area contributed by atoms with E-state index in [-0.39, 0.29) is 23.1 Å². The Balaban J connectivity index is 2.74. The van der Waals surface area contributed by atoms with Gasteiger partial charge >= 0.3 is 0 Å². The summed E-state index contributed by atoms with van der Waals surface area (Å²) in [5, 5.41) is 2.77. The molecule has 0 saturated heterocycles. The molecule has 0 fully saturated rings. The number of amides is 1. The van der Waals surface area contributed by atoms with E-state index in [0.717, 1.165) is 0 Å². The van der Waals surface area contributed by atoms with Crippen LogP contribution in [0.4, 0.5) is 10.1 Å². The Morgan fingerprint density at radius 2 is 2.11 bits per heavy atom. The number of carbonyl (C=O) groups is 1. The lowest BCUT2D eigenvalue weighted by molar-refractivity contribution is -0.120. The van der Waals surface area contributed by atoms with Crippen molar-refractivity contribution in [2.45, 2.75) is 27.2 Å². The van der Waals surface area contributed by atoms with Gasteiger partial charge in [0, 0.05) is 12.2 Å². The molecule has 0 aromatic heterocycles. The van der Waals surface area contributed by atoms with Crippen LogP contribution in [0.1, 0.15) is 27.2 Å². The first-order chi connectivity index (χ1) is 8.73. The number of carbonyl (C=O) groups excluding carboxylic acids is 1. The van der Waals surface area contributed by atoms with Crippen molar-refractivity contribution in [1.29, 1.82) is 0 Å². The minimum atomic E-state index is -0.358. The fourth-order valence-corrected chi connectivity index (χ4v) is 2.22. The highest BCUT2D eigenvalue weighted by atomic mass is 79.9. The van der Waals surface area contributed by atoms with Gasteiger partial charge in [-0.2, -0.15) is 0 Å². The average molecular weight is 331 g/mol. The monoisotopic (exact) mass is 330 g/mol. The van der Waals surface area contributed by atoms with Crippen LogP contribution in [-0.2, 0) is 4.79 Å². The van der Waals surface area contributed by atoms with E-state index in [1.807, 2.05) is 0 Å². The van der Waals surface area contributed by atoms with Crippen molar-refractivity contribution in [3.05, 3.63) is 28.5 Å². The molecular weight excluding hydrogens is 311 g/mol. The van der Waals surface area contributed by atoms with E-state index < -0.39 is 0 Å². The third kappa shape index (κ3) is 5.28. The van der Waals surface area contributed by atoms with Crippen LogP contribution in [0.2, 0.25) is 0 Å². The summed E-state index contributed by atoms with van der Waals surface area (Å²) in [5.74, 6) is -0.733. The summed E-state index contributed by atoms with van der Waals surface area (Å²) in [6, 6.07) is 4.38. The van der Waals surface area contributed by atoms with Crippen LogP contribution in [0, 0.1) is 17.2 Å². The molecule has 0 aliphatic carbocycles. The summed E-state index contributed by atoms with van der Waals surface area (Å²) in [5.41, 5.74) is 6.25. The van der Waals surface area contributed by atoms with Crippen LogP contribution in [0.5, 0.6) is 0 Å². The molecule has 19 heavy (non-hydrogen) atoms. The SMILES string of the molecule is CC(C)(C)CC(CN)C(=O)Nc1ccc(F)c(Br)c1. The molecular formula is C14H20BrFN2O. The summed E-state index contributed by atoms with van der Waals surface area (Å²) >= 11 is 3.09. The lowest BCUT2D eigenvalue weighted by atomic mass is 9.84. The summed E-state index contributed by atoms with van der Waals surface area (Å²) in [6.07, 6.45) is 0.706. The third-order valence-corrected chi connectivity index (χ3v) is 3.31. The Morgan fingerprint density at radius 3 is 2.58 bits per heavy atom. The zero-order valence-corrected chi connectivity index (χ0v) is 13.1. The van der Waals surface area contributed by atoms with E-state index in [0.29, 0.717) is 23.1 Å². The largest absolute Gasteiger partial charge is 0.330 e. The quantitative estimate of drug-likeness (QED) is 0.887. The van der Waals surface area contributed by atoms with Crippen LogP contribution in [0.25, 0.3) is 0 Å².